The largest absolute Gasteiger partial charge is 0.308 e. The van der Waals surface area contributed by atoms with Gasteiger partial charge in [0.1, 0.15) is 0 Å². The maximum Gasteiger partial charge on any atom is 0.0465 e. The molecule has 3 rings (SSSR count). The lowest BCUT2D eigenvalue weighted by Gasteiger charge is -2.45. The summed E-state index contributed by atoms with van der Waals surface area (Å²) in [6, 6.07) is 6.38. The molecule has 1 unspecified atom stereocenters. The molecule has 2 nitrogen and oxygen atoms in total. The monoisotopic (exact) mass is 312 g/mol. The molecule has 1 saturated heterocycles. The predicted octanol–water partition coefficient (Wildman–Crippen LogP) is 4.10. The third-order valence-electron chi connectivity index (χ3n) is 4.85. The Balaban J connectivity index is 1.74. The second-order valence-electron chi connectivity index (χ2n) is 6.36. The summed E-state index contributed by atoms with van der Waals surface area (Å²) in [5, 5.41) is 5.28. The summed E-state index contributed by atoms with van der Waals surface area (Å²) >= 11 is 12.3. The topological polar surface area (TPSA) is 15.3 Å². The molecule has 1 aliphatic heterocycles. The highest BCUT2D eigenvalue weighted by Crippen LogP contribution is 2.34. The summed E-state index contributed by atoms with van der Waals surface area (Å²) < 4.78 is 0. The zero-order valence-corrected chi connectivity index (χ0v) is 13.5. The molecule has 2 fully saturated rings. The Labute approximate surface area is 131 Å². The Bertz CT molecular complexity index is 483. The van der Waals surface area contributed by atoms with Gasteiger partial charge in [0, 0.05) is 41.3 Å². The molecule has 1 saturated carbocycles. The molecule has 1 N–H and O–H groups in total. The van der Waals surface area contributed by atoms with Gasteiger partial charge in [-0.2, -0.15) is 0 Å². The second-order valence-corrected chi connectivity index (χ2v) is 7.20. The molecule has 1 atom stereocenters. The van der Waals surface area contributed by atoms with Crippen LogP contribution in [0.2, 0.25) is 10.0 Å². The van der Waals surface area contributed by atoms with Crippen LogP contribution < -0.4 is 5.32 Å². The highest BCUT2D eigenvalue weighted by atomic mass is 35.5. The van der Waals surface area contributed by atoms with Gasteiger partial charge in [-0.1, -0.05) is 42.1 Å². The van der Waals surface area contributed by atoms with E-state index in [9.17, 15) is 0 Å². The number of hydrogen-bond donors (Lipinski definition) is 1. The average molecular weight is 313 g/mol. The first kappa shape index (κ1) is 14.6. The molecule has 1 spiro atoms. The number of halogens is 2. The van der Waals surface area contributed by atoms with Crippen molar-refractivity contribution in [2.45, 2.75) is 50.7 Å². The molecule has 1 aromatic carbocycles. The van der Waals surface area contributed by atoms with E-state index >= 15 is 0 Å². The van der Waals surface area contributed by atoms with Gasteiger partial charge >= 0.3 is 0 Å². The Morgan fingerprint density at radius 3 is 2.75 bits per heavy atom. The van der Waals surface area contributed by atoms with Gasteiger partial charge in [0.2, 0.25) is 0 Å². The highest BCUT2D eigenvalue weighted by Gasteiger charge is 2.39. The Kier molecular flexibility index (Phi) is 4.28. The lowest BCUT2D eigenvalue weighted by molar-refractivity contribution is 0.0827. The first-order chi connectivity index (χ1) is 9.58. The van der Waals surface area contributed by atoms with Crippen LogP contribution in [-0.2, 0) is 6.54 Å². The van der Waals surface area contributed by atoms with Gasteiger partial charge in [0.05, 0.1) is 0 Å². The van der Waals surface area contributed by atoms with Crippen LogP contribution in [0.15, 0.2) is 18.2 Å². The van der Waals surface area contributed by atoms with Gasteiger partial charge < -0.3 is 5.32 Å². The van der Waals surface area contributed by atoms with E-state index in [1.165, 1.54) is 31.2 Å². The number of nitrogens with one attached hydrogen (secondary N) is 1. The molecule has 110 valence electrons. The number of benzene rings is 1. The van der Waals surface area contributed by atoms with Crippen molar-refractivity contribution in [2.24, 2.45) is 0 Å². The number of piperazine rings is 1. The molecule has 1 heterocycles. The minimum Gasteiger partial charge on any atom is -0.308 e. The lowest BCUT2D eigenvalue weighted by Crippen LogP contribution is -2.62. The Morgan fingerprint density at radius 1 is 1.30 bits per heavy atom. The highest BCUT2D eigenvalue weighted by molar-refractivity contribution is 6.35. The van der Waals surface area contributed by atoms with Crippen LogP contribution in [0.25, 0.3) is 0 Å². The van der Waals surface area contributed by atoms with Crippen molar-refractivity contribution in [3.05, 3.63) is 33.8 Å². The molecule has 2 aliphatic rings. The summed E-state index contributed by atoms with van der Waals surface area (Å²) in [4.78, 5) is 2.57. The normalized spacial score (nSPS) is 26.2. The molecular formula is C16H22Cl2N2. The molecule has 4 heteroatoms. The number of rotatable bonds is 2. The van der Waals surface area contributed by atoms with E-state index in [4.69, 9.17) is 23.2 Å². The summed E-state index contributed by atoms with van der Waals surface area (Å²) in [6.45, 7) is 5.41. The van der Waals surface area contributed by atoms with Crippen LogP contribution >= 0.6 is 23.2 Å². The maximum absolute atomic E-state index is 6.32. The molecule has 0 amide bonds. The Hall–Kier alpha value is -0.280. The van der Waals surface area contributed by atoms with E-state index in [0.717, 1.165) is 24.7 Å². The fourth-order valence-electron chi connectivity index (χ4n) is 3.56. The van der Waals surface area contributed by atoms with Crippen LogP contribution in [0, 0.1) is 0 Å². The van der Waals surface area contributed by atoms with E-state index in [0.29, 0.717) is 16.6 Å². The standard InChI is InChI=1S/C16H22Cl2N2/c1-12-9-19-16(6-2-3-7-16)11-20(12)10-13-4-5-14(17)8-15(13)18/h4-5,8,12,19H,2-3,6-7,9-11H2,1H3. The van der Waals surface area contributed by atoms with Crippen molar-refractivity contribution >= 4 is 23.2 Å². The lowest BCUT2D eigenvalue weighted by atomic mass is 9.92. The van der Waals surface area contributed by atoms with Crippen LogP contribution in [0.3, 0.4) is 0 Å². The van der Waals surface area contributed by atoms with E-state index in [1.807, 2.05) is 12.1 Å². The van der Waals surface area contributed by atoms with Crippen LogP contribution in [0.5, 0.6) is 0 Å². The first-order valence-electron chi connectivity index (χ1n) is 7.51. The first-order valence-corrected chi connectivity index (χ1v) is 8.27. The van der Waals surface area contributed by atoms with E-state index < -0.39 is 0 Å². The van der Waals surface area contributed by atoms with E-state index in [-0.39, 0.29) is 0 Å². The van der Waals surface area contributed by atoms with Gasteiger partial charge in [-0.3, -0.25) is 4.90 Å². The van der Waals surface area contributed by atoms with Crippen molar-refractivity contribution in [1.82, 2.24) is 10.2 Å². The van der Waals surface area contributed by atoms with Gasteiger partial charge in [-0.15, -0.1) is 0 Å². The summed E-state index contributed by atoms with van der Waals surface area (Å²) in [7, 11) is 0. The summed E-state index contributed by atoms with van der Waals surface area (Å²) in [5.41, 5.74) is 1.53. The molecule has 1 aliphatic carbocycles. The van der Waals surface area contributed by atoms with E-state index in [2.05, 4.69) is 23.2 Å². The van der Waals surface area contributed by atoms with E-state index in [1.54, 1.807) is 0 Å². The van der Waals surface area contributed by atoms with Crippen molar-refractivity contribution < 1.29 is 0 Å². The fraction of sp³-hybridized carbons (Fsp3) is 0.625. The molecule has 0 bridgehead atoms. The fourth-order valence-corrected chi connectivity index (χ4v) is 4.03. The molecular weight excluding hydrogens is 291 g/mol. The molecule has 1 aromatic rings. The average Bonchev–Trinajstić information content (AvgIpc) is 2.86. The van der Waals surface area contributed by atoms with Crippen LogP contribution in [0.1, 0.15) is 38.2 Å². The SMILES string of the molecule is CC1CNC2(CCCC2)CN1Cc1ccc(Cl)cc1Cl. The van der Waals surface area contributed by atoms with Crippen molar-refractivity contribution in [3.8, 4) is 0 Å². The zero-order valence-electron chi connectivity index (χ0n) is 12.0. The summed E-state index contributed by atoms with van der Waals surface area (Å²) in [6.07, 6.45) is 5.34. The molecule has 0 radical (unpaired) electrons. The summed E-state index contributed by atoms with van der Waals surface area (Å²) in [5.74, 6) is 0. The predicted molar refractivity (Wildman–Crippen MR) is 85.5 cm³/mol. The minimum atomic E-state index is 0.353. The zero-order chi connectivity index (χ0) is 14.2. The van der Waals surface area contributed by atoms with Gasteiger partial charge in [0.15, 0.2) is 0 Å². The van der Waals surface area contributed by atoms with Crippen molar-refractivity contribution in [1.29, 1.82) is 0 Å². The van der Waals surface area contributed by atoms with Gasteiger partial charge in [-0.25, -0.2) is 0 Å². The molecule has 0 aromatic heterocycles. The quantitative estimate of drug-likeness (QED) is 0.884. The third kappa shape index (κ3) is 2.99. The minimum absolute atomic E-state index is 0.353. The van der Waals surface area contributed by atoms with Gasteiger partial charge in [-0.05, 0) is 37.5 Å². The van der Waals surface area contributed by atoms with Crippen molar-refractivity contribution in [2.75, 3.05) is 13.1 Å². The van der Waals surface area contributed by atoms with Gasteiger partial charge in [0.25, 0.3) is 0 Å². The van der Waals surface area contributed by atoms with Crippen LogP contribution in [-0.4, -0.2) is 29.6 Å². The number of nitrogens with zero attached hydrogens (tertiary/aromatic N) is 1. The number of hydrogen-bond acceptors (Lipinski definition) is 2. The van der Waals surface area contributed by atoms with Crippen LogP contribution in [0.4, 0.5) is 0 Å². The molecule has 20 heavy (non-hydrogen) atoms. The second kappa shape index (κ2) is 5.84. The smallest absolute Gasteiger partial charge is 0.0465 e. The van der Waals surface area contributed by atoms with Crippen molar-refractivity contribution in [3.63, 3.8) is 0 Å². The Morgan fingerprint density at radius 2 is 2.05 bits per heavy atom. The third-order valence-corrected chi connectivity index (χ3v) is 5.44. The maximum atomic E-state index is 6.32.